The molecule has 0 spiro atoms. The number of anilines is 2. The van der Waals surface area contributed by atoms with Gasteiger partial charge in [0, 0.05) is 80.1 Å². The van der Waals surface area contributed by atoms with Crippen LogP contribution >= 0.6 is 0 Å². The number of benzene rings is 3. The van der Waals surface area contributed by atoms with Crippen LogP contribution in [0.2, 0.25) is 0 Å². The molecular weight excluding hydrogens is 911 g/mol. The van der Waals surface area contributed by atoms with Crippen molar-refractivity contribution in [1.82, 2.24) is 9.62 Å². The number of likely N-dealkylation sites (N-methyl/N-ethyl adjacent to an activating group) is 2. The van der Waals surface area contributed by atoms with E-state index in [0.29, 0.717) is 18.7 Å². The summed E-state index contributed by atoms with van der Waals surface area (Å²) in [6.07, 6.45) is 10.0. The zero-order chi connectivity index (χ0) is 49.6. The molecule has 3 saturated heterocycles. The first kappa shape index (κ1) is 50.4. The summed E-state index contributed by atoms with van der Waals surface area (Å²) in [5.74, 6) is -0.946. The molecule has 69 heavy (non-hydrogen) atoms. The number of para-hydroxylation sites is 1. The molecule has 0 unspecified atom stereocenters. The van der Waals surface area contributed by atoms with E-state index < -0.39 is 25.6 Å². The SMILES string of the molecule is CN1/C(=C/C2=CC(=C/C3=[N+](CCCS(=O)(=O)O)c4ccccc4C3(C)C)/CC2)C(C)(C)c2cc(S(=O)(=O)N(C)CCCC(=O)NCC(=O)Nc3ccc(CC[N+]45CC[N+](C)(CC4)CC5)cc3)ccc21. The van der Waals surface area contributed by atoms with Gasteiger partial charge in [-0.2, -0.15) is 13.0 Å². The third-order valence-electron chi connectivity index (χ3n) is 15.8. The molecule has 6 aliphatic rings. The number of quaternary nitrogens is 2. The molecule has 370 valence electrons. The fourth-order valence-electron chi connectivity index (χ4n) is 11.2. The molecule has 2 amide bonds. The number of fused-ring (bicyclic) bond motifs is 5. The van der Waals surface area contributed by atoms with E-state index in [2.05, 4.69) is 97.3 Å². The minimum Gasteiger partial charge on any atom is -0.347 e. The minimum absolute atomic E-state index is 0.0725. The first-order chi connectivity index (χ1) is 32.5. The van der Waals surface area contributed by atoms with Gasteiger partial charge in [-0.15, -0.1) is 0 Å². The van der Waals surface area contributed by atoms with Crippen molar-refractivity contribution in [2.75, 3.05) is 103 Å². The quantitative estimate of drug-likeness (QED) is 0.0764. The van der Waals surface area contributed by atoms with Gasteiger partial charge in [0.15, 0.2) is 5.71 Å². The Hall–Kier alpha value is -4.97. The summed E-state index contributed by atoms with van der Waals surface area (Å²) in [5, 5.41) is 5.54. The molecule has 3 aromatic carbocycles. The number of piperazine rings is 3. The van der Waals surface area contributed by atoms with Crippen LogP contribution in [0, 0.1) is 0 Å². The minimum atomic E-state index is -4.08. The van der Waals surface area contributed by atoms with E-state index in [0.717, 1.165) is 59.7 Å². The third-order valence-corrected chi connectivity index (χ3v) is 18.4. The molecule has 5 aliphatic heterocycles. The Kier molecular flexibility index (Phi) is 14.1. The predicted octanol–water partition coefficient (Wildman–Crippen LogP) is 6.29. The van der Waals surface area contributed by atoms with Crippen molar-refractivity contribution in [3.05, 3.63) is 118 Å². The van der Waals surface area contributed by atoms with Crippen LogP contribution in [0.5, 0.6) is 0 Å². The Labute approximate surface area is 410 Å². The van der Waals surface area contributed by atoms with Gasteiger partial charge in [0.1, 0.15) is 45.8 Å². The standard InChI is InChI=1S/C53H69N7O7S2/c1-52(2)44-12-8-9-13-47(44)58(25-11-33-68(63,64)65)49(52)36-41-16-15-40(34-41)35-48-53(3,4)45-37-43(21-22-46(45)57(48)6)69(66,67)56(5)24-10-14-50(61)54-38-51(62)55-42-19-17-39(18-20-42)23-26-60-30-27-59(7,28-31-60)29-32-60/h8-9,12-13,17-22,34-37H,10-11,14-16,23-33,38H2,1-7H3/p+3. The fourth-order valence-corrected chi connectivity index (χ4v) is 12.9. The molecule has 1 aliphatic carbocycles. The summed E-state index contributed by atoms with van der Waals surface area (Å²) in [7, 11) is -2.04. The van der Waals surface area contributed by atoms with Gasteiger partial charge < -0.3 is 24.5 Å². The predicted molar refractivity (Wildman–Crippen MR) is 273 cm³/mol. The van der Waals surface area contributed by atoms with E-state index in [1.54, 1.807) is 12.1 Å². The number of nitrogens with zero attached hydrogens (tertiary/aromatic N) is 5. The summed E-state index contributed by atoms with van der Waals surface area (Å²) in [4.78, 5) is 27.8. The van der Waals surface area contributed by atoms with Crippen molar-refractivity contribution in [1.29, 1.82) is 0 Å². The Morgan fingerprint density at radius 1 is 0.855 bits per heavy atom. The molecule has 0 radical (unpaired) electrons. The van der Waals surface area contributed by atoms with E-state index >= 15 is 0 Å². The first-order valence-corrected chi connectivity index (χ1v) is 27.6. The lowest BCUT2D eigenvalue weighted by atomic mass is 9.81. The second-order valence-electron chi connectivity index (χ2n) is 21.4. The van der Waals surface area contributed by atoms with Gasteiger partial charge in [0.2, 0.25) is 27.5 Å². The molecule has 9 rings (SSSR count). The highest BCUT2D eigenvalue weighted by Gasteiger charge is 2.47. The Bertz CT molecular complexity index is 2840. The second kappa shape index (κ2) is 19.3. The number of carbonyl (C=O) groups is 2. The smallest absolute Gasteiger partial charge is 0.265 e. The normalized spacial score (nSPS) is 23.7. The van der Waals surface area contributed by atoms with Crippen molar-refractivity contribution >= 4 is 54.7 Å². The van der Waals surface area contributed by atoms with Crippen LogP contribution in [0.4, 0.5) is 17.1 Å². The van der Waals surface area contributed by atoms with Gasteiger partial charge in [-0.3, -0.25) is 14.1 Å². The molecule has 3 fully saturated rings. The molecule has 0 atom stereocenters. The van der Waals surface area contributed by atoms with Gasteiger partial charge in [-0.05, 0) is 91.8 Å². The highest BCUT2D eigenvalue weighted by Crippen LogP contribution is 2.49. The van der Waals surface area contributed by atoms with E-state index in [9.17, 15) is 31.0 Å². The van der Waals surface area contributed by atoms with Crippen LogP contribution in [0.3, 0.4) is 0 Å². The van der Waals surface area contributed by atoms with Crippen molar-refractivity contribution in [3.8, 4) is 0 Å². The van der Waals surface area contributed by atoms with Crippen LogP contribution in [0.15, 0.2) is 107 Å². The Morgan fingerprint density at radius 2 is 1.55 bits per heavy atom. The summed E-state index contributed by atoms with van der Waals surface area (Å²) in [5.41, 5.74) is 9.66. The van der Waals surface area contributed by atoms with Crippen LogP contribution in [0.1, 0.15) is 76.5 Å². The highest BCUT2D eigenvalue weighted by molar-refractivity contribution is 7.89. The molecule has 2 bridgehead atoms. The van der Waals surface area contributed by atoms with Crippen LogP contribution < -0.4 is 15.5 Å². The second-order valence-corrected chi connectivity index (χ2v) is 25.0. The number of hydrogen-bond donors (Lipinski definition) is 3. The van der Waals surface area contributed by atoms with Crippen molar-refractivity contribution < 1.29 is 44.5 Å². The van der Waals surface area contributed by atoms with Crippen molar-refractivity contribution in [3.63, 3.8) is 0 Å². The van der Waals surface area contributed by atoms with Crippen molar-refractivity contribution in [2.45, 2.75) is 81.9 Å². The summed E-state index contributed by atoms with van der Waals surface area (Å²) >= 11 is 0. The maximum Gasteiger partial charge on any atom is 0.265 e. The van der Waals surface area contributed by atoms with Crippen LogP contribution in [-0.4, -0.2) is 149 Å². The van der Waals surface area contributed by atoms with Gasteiger partial charge in [0.25, 0.3) is 10.1 Å². The summed E-state index contributed by atoms with van der Waals surface area (Å²) in [6.45, 7) is 17.7. The zero-order valence-corrected chi connectivity index (χ0v) is 43.2. The lowest BCUT2D eigenvalue weighted by Crippen LogP contribution is -2.73. The summed E-state index contributed by atoms with van der Waals surface area (Å²) < 4.78 is 66.3. The van der Waals surface area contributed by atoms with Gasteiger partial charge in [-0.25, -0.2) is 12.7 Å². The van der Waals surface area contributed by atoms with Gasteiger partial charge in [-0.1, -0.05) is 50.3 Å². The molecule has 14 nitrogen and oxygen atoms in total. The number of sulfonamides is 1. The maximum atomic E-state index is 13.9. The average molecular weight is 983 g/mol. The lowest BCUT2D eigenvalue weighted by molar-refractivity contribution is -1.07. The molecular formula is C53H72N7O7S2+3. The Morgan fingerprint density at radius 3 is 2.25 bits per heavy atom. The van der Waals surface area contributed by atoms with Crippen LogP contribution in [-0.2, 0) is 47.0 Å². The van der Waals surface area contributed by atoms with E-state index in [-0.39, 0.29) is 53.8 Å². The molecule has 3 aromatic rings. The Balaban J connectivity index is 0.838. The van der Waals surface area contributed by atoms with Gasteiger partial charge >= 0.3 is 0 Å². The molecule has 16 heteroatoms. The van der Waals surface area contributed by atoms with Gasteiger partial charge in [0.05, 0.1) is 36.2 Å². The van der Waals surface area contributed by atoms with Crippen molar-refractivity contribution in [2.24, 2.45) is 0 Å². The number of rotatable bonds is 18. The molecule has 0 saturated carbocycles. The number of hydrogen-bond acceptors (Lipinski definition) is 7. The molecule has 0 aromatic heterocycles. The topological polar surface area (TPSA) is 156 Å². The van der Waals surface area contributed by atoms with Crippen LogP contribution in [0.25, 0.3) is 0 Å². The van der Waals surface area contributed by atoms with E-state index in [1.165, 1.54) is 76.3 Å². The number of nitrogens with one attached hydrogen (secondary N) is 2. The number of allylic oxidation sites excluding steroid dienone is 6. The highest BCUT2D eigenvalue weighted by atomic mass is 32.2. The zero-order valence-electron chi connectivity index (χ0n) is 41.6. The monoisotopic (exact) mass is 982 g/mol. The number of amides is 2. The fraction of sp³-hybridized carbons (Fsp3) is 0.491. The third kappa shape index (κ3) is 10.9. The number of carbonyl (C=O) groups excluding carboxylic acids is 2. The average Bonchev–Trinajstić information content (AvgIpc) is 3.90. The largest absolute Gasteiger partial charge is 0.347 e. The molecule has 5 heterocycles. The lowest BCUT2D eigenvalue weighted by Gasteiger charge is -2.54. The van der Waals surface area contributed by atoms with E-state index in [4.69, 9.17) is 0 Å². The maximum absolute atomic E-state index is 13.9. The molecule has 3 N–H and O–H groups in total. The first-order valence-electron chi connectivity index (χ1n) is 24.5. The van der Waals surface area contributed by atoms with E-state index in [1.807, 2.05) is 37.4 Å². The summed E-state index contributed by atoms with van der Waals surface area (Å²) in [6, 6.07) is 21.5.